The van der Waals surface area contributed by atoms with Gasteiger partial charge in [0.25, 0.3) is 0 Å². The number of hydrogen-bond acceptors (Lipinski definition) is 5. The van der Waals surface area contributed by atoms with Crippen LogP contribution in [0.3, 0.4) is 0 Å². The minimum absolute atomic E-state index is 0.141. The Kier molecular flexibility index (Phi) is 4.29. The lowest BCUT2D eigenvalue weighted by Crippen LogP contribution is -2.36. The molecule has 5 heteroatoms. The Balaban J connectivity index is 1.61. The molecule has 110 valence electrons. The van der Waals surface area contributed by atoms with Gasteiger partial charge >= 0.3 is 0 Å². The fraction of sp³-hybridized carbons (Fsp3) is 0.438. The molecule has 0 spiro atoms. The third kappa shape index (κ3) is 3.13. The van der Waals surface area contributed by atoms with Gasteiger partial charge in [-0.25, -0.2) is 4.98 Å². The Morgan fingerprint density at radius 1 is 1.29 bits per heavy atom. The predicted octanol–water partition coefficient (Wildman–Crippen LogP) is 3.20. The van der Waals surface area contributed by atoms with Crippen molar-refractivity contribution in [2.75, 3.05) is 18.0 Å². The first-order valence-corrected chi connectivity index (χ1v) is 8.22. The molecule has 1 aromatic carbocycles. The van der Waals surface area contributed by atoms with Crippen molar-refractivity contribution in [2.45, 2.75) is 26.2 Å². The van der Waals surface area contributed by atoms with Gasteiger partial charge in [0.2, 0.25) is 5.13 Å². The van der Waals surface area contributed by atoms with Crippen LogP contribution in [-0.2, 0) is 6.42 Å². The minimum atomic E-state index is 0.141. The molecule has 1 saturated heterocycles. The number of carbonyl (C=O) groups excluding carboxylic acids is 1. The van der Waals surface area contributed by atoms with Gasteiger partial charge in [-0.15, -0.1) is 0 Å². The van der Waals surface area contributed by atoms with E-state index in [2.05, 4.69) is 21.2 Å². The second-order valence-electron chi connectivity index (χ2n) is 5.34. The van der Waals surface area contributed by atoms with Crippen molar-refractivity contribution in [3.63, 3.8) is 0 Å². The molecule has 2 aromatic rings. The third-order valence-electron chi connectivity index (χ3n) is 3.97. The number of aromatic nitrogens is 2. The van der Waals surface area contributed by atoms with E-state index in [0.29, 0.717) is 0 Å². The Bertz CT molecular complexity index is 603. The van der Waals surface area contributed by atoms with Crippen molar-refractivity contribution in [3.05, 3.63) is 41.7 Å². The first-order valence-electron chi connectivity index (χ1n) is 7.44. The number of piperidine rings is 1. The van der Waals surface area contributed by atoms with Crippen molar-refractivity contribution in [1.29, 1.82) is 0 Å². The molecule has 4 nitrogen and oxygen atoms in total. The molecular formula is C16H19N3OS. The molecule has 1 aliphatic heterocycles. The van der Waals surface area contributed by atoms with Crippen LogP contribution >= 0.6 is 11.5 Å². The van der Waals surface area contributed by atoms with Gasteiger partial charge in [-0.2, -0.15) is 4.37 Å². The zero-order valence-electron chi connectivity index (χ0n) is 12.2. The fourth-order valence-electron chi connectivity index (χ4n) is 2.69. The summed E-state index contributed by atoms with van der Waals surface area (Å²) in [7, 11) is 0. The molecule has 2 heterocycles. The van der Waals surface area contributed by atoms with E-state index in [9.17, 15) is 4.79 Å². The summed E-state index contributed by atoms with van der Waals surface area (Å²) in [5.74, 6) is 1.33. The maximum Gasteiger partial charge on any atom is 0.205 e. The summed E-state index contributed by atoms with van der Waals surface area (Å²) in [6.07, 6.45) is 2.67. The van der Waals surface area contributed by atoms with E-state index >= 15 is 0 Å². The van der Waals surface area contributed by atoms with E-state index in [1.54, 1.807) is 0 Å². The first kappa shape index (κ1) is 14.2. The summed E-state index contributed by atoms with van der Waals surface area (Å²) in [6, 6.07) is 9.62. The van der Waals surface area contributed by atoms with Gasteiger partial charge in [-0.3, -0.25) is 4.79 Å². The predicted molar refractivity (Wildman–Crippen MR) is 85.0 cm³/mol. The number of hydrogen-bond donors (Lipinski definition) is 0. The zero-order valence-corrected chi connectivity index (χ0v) is 13.0. The number of rotatable bonds is 4. The molecule has 3 rings (SSSR count). The van der Waals surface area contributed by atoms with Gasteiger partial charge in [0.05, 0.1) is 0 Å². The molecule has 0 N–H and O–H groups in total. The highest BCUT2D eigenvalue weighted by atomic mass is 32.1. The van der Waals surface area contributed by atoms with Gasteiger partial charge in [0, 0.05) is 42.5 Å². The van der Waals surface area contributed by atoms with Crippen molar-refractivity contribution >= 4 is 22.4 Å². The highest BCUT2D eigenvalue weighted by Crippen LogP contribution is 2.26. The zero-order chi connectivity index (χ0) is 14.7. The van der Waals surface area contributed by atoms with Crippen LogP contribution in [-0.4, -0.2) is 28.2 Å². The summed E-state index contributed by atoms with van der Waals surface area (Å²) in [6.45, 7) is 3.85. The minimum Gasteiger partial charge on any atom is -0.347 e. The van der Waals surface area contributed by atoms with Gasteiger partial charge in [-0.05, 0) is 12.8 Å². The smallest absolute Gasteiger partial charge is 0.205 e. The summed E-state index contributed by atoms with van der Waals surface area (Å²) in [4.78, 5) is 19.2. The van der Waals surface area contributed by atoms with E-state index in [0.717, 1.165) is 48.9 Å². The molecule has 0 radical (unpaired) electrons. The van der Waals surface area contributed by atoms with Crippen LogP contribution in [0.4, 0.5) is 5.13 Å². The number of Topliss-reactive ketones (excluding diaryl/α,β-unsaturated/α-hetero) is 1. The molecule has 1 aromatic heterocycles. The lowest BCUT2D eigenvalue weighted by atomic mass is 9.89. The van der Waals surface area contributed by atoms with Crippen LogP contribution in [0.1, 0.15) is 35.9 Å². The molecule has 0 aliphatic carbocycles. The van der Waals surface area contributed by atoms with E-state index in [1.807, 2.05) is 30.3 Å². The van der Waals surface area contributed by atoms with E-state index in [-0.39, 0.29) is 11.7 Å². The van der Waals surface area contributed by atoms with Crippen LogP contribution < -0.4 is 4.90 Å². The van der Waals surface area contributed by atoms with E-state index in [1.165, 1.54) is 11.5 Å². The first-order chi connectivity index (χ1) is 10.3. The van der Waals surface area contributed by atoms with Gasteiger partial charge < -0.3 is 4.90 Å². The van der Waals surface area contributed by atoms with E-state index < -0.39 is 0 Å². The second kappa shape index (κ2) is 6.35. The lowest BCUT2D eigenvalue weighted by Gasteiger charge is -2.30. The maximum absolute atomic E-state index is 12.4. The topological polar surface area (TPSA) is 46.1 Å². The van der Waals surface area contributed by atoms with Gasteiger partial charge in [0.1, 0.15) is 5.82 Å². The number of benzene rings is 1. The average molecular weight is 301 g/mol. The number of anilines is 1. The number of aryl methyl sites for hydroxylation is 1. The van der Waals surface area contributed by atoms with Crippen molar-refractivity contribution < 1.29 is 4.79 Å². The molecular weight excluding hydrogens is 282 g/mol. The van der Waals surface area contributed by atoms with Crippen LogP contribution in [0.25, 0.3) is 0 Å². The van der Waals surface area contributed by atoms with Crippen LogP contribution in [0.2, 0.25) is 0 Å². The number of ketones is 1. The van der Waals surface area contributed by atoms with Crippen molar-refractivity contribution in [3.8, 4) is 0 Å². The Labute approximate surface area is 129 Å². The Hall–Kier alpha value is -1.75. The maximum atomic E-state index is 12.4. The normalized spacial score (nSPS) is 16.1. The van der Waals surface area contributed by atoms with Gasteiger partial charge in [-0.1, -0.05) is 37.3 Å². The summed E-state index contributed by atoms with van der Waals surface area (Å²) in [5, 5.41) is 0.998. The lowest BCUT2D eigenvalue weighted by molar-refractivity contribution is 0.0900. The molecule has 0 atom stereocenters. The number of nitrogens with zero attached hydrogens (tertiary/aromatic N) is 3. The summed E-state index contributed by atoms with van der Waals surface area (Å²) < 4.78 is 4.33. The molecule has 0 unspecified atom stereocenters. The Morgan fingerprint density at radius 3 is 2.62 bits per heavy atom. The summed E-state index contributed by atoms with van der Waals surface area (Å²) >= 11 is 1.47. The van der Waals surface area contributed by atoms with Crippen LogP contribution in [0, 0.1) is 5.92 Å². The standard InChI is InChI=1S/C16H19N3OS/c1-2-14-17-16(21-18-14)19-10-8-13(9-11-19)15(20)12-6-4-3-5-7-12/h3-7,13H,2,8-11H2,1H3. The average Bonchev–Trinajstić information content (AvgIpc) is 3.04. The van der Waals surface area contributed by atoms with E-state index in [4.69, 9.17) is 0 Å². The Morgan fingerprint density at radius 2 is 2.00 bits per heavy atom. The summed E-state index contributed by atoms with van der Waals surface area (Å²) in [5.41, 5.74) is 0.833. The fourth-order valence-corrected chi connectivity index (χ4v) is 3.49. The van der Waals surface area contributed by atoms with Crippen molar-refractivity contribution in [1.82, 2.24) is 9.36 Å². The monoisotopic (exact) mass is 301 g/mol. The second-order valence-corrected chi connectivity index (χ2v) is 6.07. The number of carbonyl (C=O) groups is 1. The highest BCUT2D eigenvalue weighted by molar-refractivity contribution is 7.09. The van der Waals surface area contributed by atoms with Crippen molar-refractivity contribution in [2.24, 2.45) is 5.92 Å². The van der Waals surface area contributed by atoms with Crippen LogP contribution in [0.5, 0.6) is 0 Å². The molecule has 0 amide bonds. The highest BCUT2D eigenvalue weighted by Gasteiger charge is 2.27. The van der Waals surface area contributed by atoms with Crippen LogP contribution in [0.15, 0.2) is 30.3 Å². The quantitative estimate of drug-likeness (QED) is 0.814. The largest absolute Gasteiger partial charge is 0.347 e. The van der Waals surface area contributed by atoms with Gasteiger partial charge in [0.15, 0.2) is 5.78 Å². The molecule has 1 fully saturated rings. The molecule has 0 saturated carbocycles. The molecule has 21 heavy (non-hydrogen) atoms. The third-order valence-corrected chi connectivity index (χ3v) is 4.78. The SMILES string of the molecule is CCc1nsc(N2CCC(C(=O)c3ccccc3)CC2)n1. The molecule has 1 aliphatic rings. The molecule has 0 bridgehead atoms.